The third-order valence-electron chi connectivity index (χ3n) is 2.80. The normalized spacial score (nSPS) is 14.2. The number of carboxylic acids is 1. The summed E-state index contributed by atoms with van der Waals surface area (Å²) in [4.78, 5) is 23.6. The van der Waals surface area contributed by atoms with Gasteiger partial charge in [-0.25, -0.2) is 0 Å². The lowest BCUT2D eigenvalue weighted by Crippen LogP contribution is -2.45. The van der Waals surface area contributed by atoms with E-state index in [-0.39, 0.29) is 18.2 Å². The monoisotopic (exact) mass is 230 g/mol. The van der Waals surface area contributed by atoms with Crippen LogP contribution in [0.25, 0.3) is 0 Å². The smallest absolute Gasteiger partial charge is 0.303 e. The third kappa shape index (κ3) is 5.11. The van der Waals surface area contributed by atoms with Crippen LogP contribution in [0.4, 0.5) is 0 Å². The van der Waals surface area contributed by atoms with E-state index in [0.29, 0.717) is 13.0 Å². The number of likely N-dealkylation sites (N-methyl/N-ethyl adjacent to an activating group) is 1. The van der Waals surface area contributed by atoms with E-state index in [1.807, 2.05) is 13.8 Å². The van der Waals surface area contributed by atoms with Crippen LogP contribution in [0.5, 0.6) is 0 Å². The summed E-state index contributed by atoms with van der Waals surface area (Å²) in [5.41, 5.74) is 5.80. The van der Waals surface area contributed by atoms with Crippen molar-refractivity contribution in [3.63, 3.8) is 0 Å². The molecular formula is C11H22N2O3. The SMILES string of the molecule is CCC(C)[C@H](N)C(=O)N(C)CCCC(=O)O. The average Bonchev–Trinajstić information content (AvgIpc) is 2.25. The molecule has 0 spiro atoms. The minimum Gasteiger partial charge on any atom is -0.481 e. The summed E-state index contributed by atoms with van der Waals surface area (Å²) < 4.78 is 0. The molecule has 5 nitrogen and oxygen atoms in total. The molecule has 1 unspecified atom stereocenters. The van der Waals surface area contributed by atoms with Gasteiger partial charge in [-0.15, -0.1) is 0 Å². The summed E-state index contributed by atoms with van der Waals surface area (Å²) in [7, 11) is 1.66. The van der Waals surface area contributed by atoms with Gasteiger partial charge in [0.2, 0.25) is 5.91 Å². The highest BCUT2D eigenvalue weighted by molar-refractivity contribution is 5.81. The molecule has 0 aliphatic heterocycles. The maximum Gasteiger partial charge on any atom is 0.303 e. The summed E-state index contributed by atoms with van der Waals surface area (Å²) in [5.74, 6) is -0.804. The largest absolute Gasteiger partial charge is 0.481 e. The van der Waals surface area contributed by atoms with E-state index in [0.717, 1.165) is 6.42 Å². The van der Waals surface area contributed by atoms with E-state index >= 15 is 0 Å². The van der Waals surface area contributed by atoms with Crippen LogP contribution in [0.1, 0.15) is 33.1 Å². The average molecular weight is 230 g/mol. The lowest BCUT2D eigenvalue weighted by atomic mass is 9.99. The van der Waals surface area contributed by atoms with Gasteiger partial charge in [-0.1, -0.05) is 20.3 Å². The van der Waals surface area contributed by atoms with E-state index in [4.69, 9.17) is 10.8 Å². The van der Waals surface area contributed by atoms with Gasteiger partial charge in [0.15, 0.2) is 0 Å². The van der Waals surface area contributed by atoms with Crippen molar-refractivity contribution in [3.8, 4) is 0 Å². The van der Waals surface area contributed by atoms with Gasteiger partial charge in [-0.05, 0) is 12.3 Å². The molecule has 0 fully saturated rings. The molecule has 0 rings (SSSR count). The fourth-order valence-corrected chi connectivity index (χ4v) is 1.33. The molecule has 94 valence electrons. The van der Waals surface area contributed by atoms with Gasteiger partial charge in [0, 0.05) is 20.0 Å². The van der Waals surface area contributed by atoms with E-state index in [9.17, 15) is 9.59 Å². The molecule has 5 heteroatoms. The van der Waals surface area contributed by atoms with Crippen molar-refractivity contribution in [1.82, 2.24) is 4.90 Å². The number of amides is 1. The quantitative estimate of drug-likeness (QED) is 0.673. The van der Waals surface area contributed by atoms with Gasteiger partial charge >= 0.3 is 5.97 Å². The van der Waals surface area contributed by atoms with E-state index in [1.165, 1.54) is 4.90 Å². The molecule has 0 radical (unpaired) electrons. The highest BCUT2D eigenvalue weighted by atomic mass is 16.4. The van der Waals surface area contributed by atoms with Crippen molar-refractivity contribution in [2.75, 3.05) is 13.6 Å². The Bertz CT molecular complexity index is 243. The second-order valence-corrected chi connectivity index (χ2v) is 4.17. The number of nitrogens with two attached hydrogens (primary N) is 1. The number of aliphatic carboxylic acids is 1. The predicted molar refractivity (Wildman–Crippen MR) is 61.9 cm³/mol. The van der Waals surface area contributed by atoms with E-state index in [1.54, 1.807) is 7.05 Å². The Hall–Kier alpha value is -1.10. The maximum absolute atomic E-state index is 11.8. The minimum absolute atomic E-state index is 0.0796. The third-order valence-corrected chi connectivity index (χ3v) is 2.80. The van der Waals surface area contributed by atoms with Crippen LogP contribution < -0.4 is 5.73 Å². The molecule has 0 saturated carbocycles. The maximum atomic E-state index is 11.8. The Morgan fingerprint density at radius 1 is 1.44 bits per heavy atom. The zero-order valence-electron chi connectivity index (χ0n) is 10.3. The van der Waals surface area contributed by atoms with Gasteiger partial charge in [-0.3, -0.25) is 9.59 Å². The van der Waals surface area contributed by atoms with E-state index < -0.39 is 12.0 Å². The van der Waals surface area contributed by atoms with Gasteiger partial charge in [0.1, 0.15) is 0 Å². The Morgan fingerprint density at radius 3 is 2.44 bits per heavy atom. The van der Waals surface area contributed by atoms with Gasteiger partial charge < -0.3 is 15.7 Å². The summed E-state index contributed by atoms with van der Waals surface area (Å²) in [6.45, 7) is 4.37. The van der Waals surface area contributed by atoms with Crippen molar-refractivity contribution in [3.05, 3.63) is 0 Å². The lowest BCUT2D eigenvalue weighted by molar-refractivity contribution is -0.138. The molecule has 0 heterocycles. The molecule has 0 aromatic rings. The first-order chi connectivity index (χ1) is 7.40. The second kappa shape index (κ2) is 7.22. The number of carboxylic acid groups (broad SMARTS) is 1. The number of hydrogen-bond donors (Lipinski definition) is 2. The zero-order chi connectivity index (χ0) is 12.7. The number of nitrogens with zero attached hydrogens (tertiary/aromatic N) is 1. The van der Waals surface area contributed by atoms with Gasteiger partial charge in [0.25, 0.3) is 0 Å². The first kappa shape index (κ1) is 14.9. The first-order valence-electron chi connectivity index (χ1n) is 5.62. The molecule has 2 atom stereocenters. The molecule has 0 aromatic carbocycles. The van der Waals surface area contributed by atoms with Crippen molar-refractivity contribution < 1.29 is 14.7 Å². The van der Waals surface area contributed by atoms with E-state index in [2.05, 4.69) is 0 Å². The number of carbonyl (C=O) groups excluding carboxylic acids is 1. The van der Waals surface area contributed by atoms with Crippen LogP contribution in [-0.2, 0) is 9.59 Å². The highest BCUT2D eigenvalue weighted by Crippen LogP contribution is 2.08. The number of carbonyl (C=O) groups is 2. The summed E-state index contributed by atoms with van der Waals surface area (Å²) >= 11 is 0. The summed E-state index contributed by atoms with van der Waals surface area (Å²) in [6.07, 6.45) is 1.40. The molecule has 3 N–H and O–H groups in total. The van der Waals surface area contributed by atoms with Crippen LogP contribution in [0.15, 0.2) is 0 Å². The summed E-state index contributed by atoms with van der Waals surface area (Å²) in [6, 6.07) is -0.486. The molecule has 0 bridgehead atoms. The van der Waals surface area contributed by atoms with Crippen LogP contribution in [0.2, 0.25) is 0 Å². The van der Waals surface area contributed by atoms with Gasteiger partial charge in [-0.2, -0.15) is 0 Å². The summed E-state index contributed by atoms with van der Waals surface area (Å²) in [5, 5.41) is 8.47. The van der Waals surface area contributed by atoms with Crippen molar-refractivity contribution >= 4 is 11.9 Å². The molecule has 16 heavy (non-hydrogen) atoms. The highest BCUT2D eigenvalue weighted by Gasteiger charge is 2.22. The van der Waals surface area contributed by atoms with Crippen LogP contribution in [0, 0.1) is 5.92 Å². The molecule has 1 amide bonds. The van der Waals surface area contributed by atoms with Crippen molar-refractivity contribution in [2.45, 2.75) is 39.2 Å². The first-order valence-corrected chi connectivity index (χ1v) is 5.62. The van der Waals surface area contributed by atoms with Crippen LogP contribution in [0.3, 0.4) is 0 Å². The van der Waals surface area contributed by atoms with Crippen LogP contribution in [-0.4, -0.2) is 41.5 Å². The van der Waals surface area contributed by atoms with Gasteiger partial charge in [0.05, 0.1) is 6.04 Å². The van der Waals surface area contributed by atoms with Crippen LogP contribution >= 0.6 is 0 Å². The fraction of sp³-hybridized carbons (Fsp3) is 0.818. The Morgan fingerprint density at radius 2 is 2.00 bits per heavy atom. The fourth-order valence-electron chi connectivity index (χ4n) is 1.33. The number of hydrogen-bond acceptors (Lipinski definition) is 3. The topological polar surface area (TPSA) is 83.6 Å². The molecule has 0 aliphatic carbocycles. The second-order valence-electron chi connectivity index (χ2n) is 4.17. The Balaban J connectivity index is 4.02. The van der Waals surface area contributed by atoms with Crippen molar-refractivity contribution in [1.29, 1.82) is 0 Å². The molecule has 0 aromatic heterocycles. The van der Waals surface area contributed by atoms with Crippen molar-refractivity contribution in [2.24, 2.45) is 11.7 Å². The number of rotatable bonds is 7. The molecule has 0 aliphatic rings. The Labute approximate surface area is 96.6 Å². The minimum atomic E-state index is -0.841. The molecular weight excluding hydrogens is 208 g/mol. The zero-order valence-corrected chi connectivity index (χ0v) is 10.3. The lowest BCUT2D eigenvalue weighted by Gasteiger charge is -2.24. The Kier molecular flexibility index (Phi) is 6.72. The molecule has 0 saturated heterocycles. The predicted octanol–water partition coefficient (Wildman–Crippen LogP) is 0.683. The standard InChI is InChI=1S/C11H22N2O3/c1-4-8(2)10(12)11(16)13(3)7-5-6-9(14)15/h8,10H,4-7,12H2,1-3H3,(H,14,15)/t8?,10-/m0/s1.